The van der Waals surface area contributed by atoms with Crippen molar-refractivity contribution in [3.05, 3.63) is 0 Å². The first-order valence-electron chi connectivity index (χ1n) is 7.72. The zero-order chi connectivity index (χ0) is 14.0. The average molecular weight is 254 g/mol. The Balaban J connectivity index is 2.28. The summed E-state index contributed by atoms with van der Waals surface area (Å²) < 4.78 is 6.07. The van der Waals surface area contributed by atoms with Crippen molar-refractivity contribution in [3.63, 3.8) is 0 Å². The Morgan fingerprint density at radius 2 is 1.44 bits per heavy atom. The molecule has 0 radical (unpaired) electrons. The van der Waals surface area contributed by atoms with E-state index in [1.54, 1.807) is 0 Å². The summed E-state index contributed by atoms with van der Waals surface area (Å²) in [6, 6.07) is 0. The van der Waals surface area contributed by atoms with E-state index < -0.39 is 0 Å². The summed E-state index contributed by atoms with van der Waals surface area (Å²) in [5.74, 6) is 1.71. The Labute approximate surface area is 115 Å². The van der Waals surface area contributed by atoms with E-state index in [-0.39, 0.29) is 5.41 Å². The lowest BCUT2D eigenvalue weighted by molar-refractivity contribution is -0.0318. The van der Waals surface area contributed by atoms with Crippen molar-refractivity contribution < 1.29 is 4.74 Å². The molecular weight excluding hydrogens is 220 g/mol. The molecule has 1 nitrogen and oxygen atoms in total. The van der Waals surface area contributed by atoms with Gasteiger partial charge in [-0.3, -0.25) is 0 Å². The second-order valence-corrected chi connectivity index (χ2v) is 8.43. The van der Waals surface area contributed by atoms with Gasteiger partial charge in [0.25, 0.3) is 0 Å². The van der Waals surface area contributed by atoms with Crippen molar-refractivity contribution in [2.45, 2.75) is 80.3 Å². The largest absolute Gasteiger partial charge is 0.378 e. The number of hydrogen-bond donors (Lipinski definition) is 0. The summed E-state index contributed by atoms with van der Waals surface area (Å²) in [7, 11) is 0. The maximum Gasteiger partial charge on any atom is 0.0595 e. The zero-order valence-electron chi connectivity index (χ0n) is 13.7. The quantitative estimate of drug-likeness (QED) is 0.665. The predicted molar refractivity (Wildman–Crippen MR) is 79.8 cm³/mol. The summed E-state index contributed by atoms with van der Waals surface area (Å²) in [5.41, 5.74) is 0.757. The van der Waals surface area contributed by atoms with Crippen molar-refractivity contribution in [3.8, 4) is 0 Å². The minimum Gasteiger partial charge on any atom is -0.378 e. The molecule has 1 unspecified atom stereocenters. The SMILES string of the molecule is CC(OCC1CCC(C(C)(C)C)CC1)C(C)(C)C. The molecule has 1 fully saturated rings. The molecule has 0 aliphatic heterocycles. The van der Waals surface area contributed by atoms with Crippen LogP contribution in [0.25, 0.3) is 0 Å². The van der Waals surface area contributed by atoms with Gasteiger partial charge >= 0.3 is 0 Å². The van der Waals surface area contributed by atoms with Crippen LogP contribution in [0.3, 0.4) is 0 Å². The average Bonchev–Trinajstić information content (AvgIpc) is 2.24. The van der Waals surface area contributed by atoms with Gasteiger partial charge in [-0.05, 0) is 55.3 Å². The number of rotatable bonds is 3. The zero-order valence-corrected chi connectivity index (χ0v) is 13.7. The molecule has 1 aliphatic rings. The molecule has 0 aromatic rings. The standard InChI is InChI=1S/C17H34O/c1-13(16(2,3)4)18-12-14-8-10-15(11-9-14)17(5,6)7/h13-15H,8-12H2,1-7H3. The highest BCUT2D eigenvalue weighted by Gasteiger charge is 2.30. The van der Waals surface area contributed by atoms with Crippen molar-refractivity contribution >= 4 is 0 Å². The first-order valence-corrected chi connectivity index (χ1v) is 7.72. The van der Waals surface area contributed by atoms with E-state index in [0.717, 1.165) is 18.4 Å². The molecule has 1 saturated carbocycles. The molecular formula is C17H34O. The monoisotopic (exact) mass is 254 g/mol. The van der Waals surface area contributed by atoms with Crippen molar-refractivity contribution in [1.82, 2.24) is 0 Å². The van der Waals surface area contributed by atoms with Gasteiger partial charge in [-0.1, -0.05) is 41.5 Å². The lowest BCUT2D eigenvalue weighted by Crippen LogP contribution is -2.31. The van der Waals surface area contributed by atoms with Crippen LogP contribution in [0.4, 0.5) is 0 Å². The fourth-order valence-electron chi connectivity index (χ4n) is 2.73. The second kappa shape index (κ2) is 5.94. The highest BCUT2D eigenvalue weighted by Crippen LogP contribution is 2.40. The molecule has 0 bridgehead atoms. The van der Waals surface area contributed by atoms with E-state index in [9.17, 15) is 0 Å². The first kappa shape index (κ1) is 16.0. The van der Waals surface area contributed by atoms with Gasteiger partial charge < -0.3 is 4.74 Å². The molecule has 0 spiro atoms. The summed E-state index contributed by atoms with van der Waals surface area (Å²) in [6.45, 7) is 17.1. The van der Waals surface area contributed by atoms with E-state index in [0.29, 0.717) is 11.5 Å². The molecule has 0 N–H and O–H groups in total. The van der Waals surface area contributed by atoms with Gasteiger partial charge in [0.1, 0.15) is 0 Å². The lowest BCUT2D eigenvalue weighted by atomic mass is 9.70. The van der Waals surface area contributed by atoms with Crippen LogP contribution in [0, 0.1) is 22.7 Å². The Kier molecular flexibility index (Phi) is 5.29. The number of hydrogen-bond acceptors (Lipinski definition) is 1. The molecule has 0 saturated heterocycles. The van der Waals surface area contributed by atoms with Crippen LogP contribution in [0.1, 0.15) is 74.1 Å². The molecule has 1 heteroatoms. The molecule has 108 valence electrons. The van der Waals surface area contributed by atoms with Crippen LogP contribution in [0.5, 0.6) is 0 Å². The Hall–Kier alpha value is -0.0400. The topological polar surface area (TPSA) is 9.23 Å². The third kappa shape index (κ3) is 4.91. The van der Waals surface area contributed by atoms with E-state index in [2.05, 4.69) is 48.5 Å². The molecule has 0 amide bonds. The maximum absolute atomic E-state index is 6.07. The molecule has 18 heavy (non-hydrogen) atoms. The fourth-order valence-corrected chi connectivity index (χ4v) is 2.73. The highest BCUT2D eigenvalue weighted by molar-refractivity contribution is 4.81. The van der Waals surface area contributed by atoms with E-state index in [1.165, 1.54) is 25.7 Å². The van der Waals surface area contributed by atoms with Crippen LogP contribution >= 0.6 is 0 Å². The van der Waals surface area contributed by atoms with Crippen LogP contribution in [-0.2, 0) is 4.74 Å². The third-order valence-electron chi connectivity index (χ3n) is 4.87. The predicted octanol–water partition coefficient (Wildman–Crippen LogP) is 5.29. The Bertz CT molecular complexity index is 235. The van der Waals surface area contributed by atoms with Crippen LogP contribution in [-0.4, -0.2) is 12.7 Å². The van der Waals surface area contributed by atoms with E-state index in [1.807, 2.05) is 0 Å². The summed E-state index contributed by atoms with van der Waals surface area (Å²) in [6.07, 6.45) is 5.86. The third-order valence-corrected chi connectivity index (χ3v) is 4.87. The van der Waals surface area contributed by atoms with Crippen molar-refractivity contribution in [1.29, 1.82) is 0 Å². The van der Waals surface area contributed by atoms with Crippen molar-refractivity contribution in [2.24, 2.45) is 22.7 Å². The summed E-state index contributed by atoms with van der Waals surface area (Å²) >= 11 is 0. The molecule has 1 aliphatic carbocycles. The van der Waals surface area contributed by atoms with Crippen LogP contribution in [0.15, 0.2) is 0 Å². The number of ether oxygens (including phenoxy) is 1. The van der Waals surface area contributed by atoms with Crippen molar-refractivity contribution in [2.75, 3.05) is 6.61 Å². The van der Waals surface area contributed by atoms with Crippen LogP contribution < -0.4 is 0 Å². The lowest BCUT2D eigenvalue weighted by Gasteiger charge is -2.37. The van der Waals surface area contributed by atoms with E-state index >= 15 is 0 Å². The van der Waals surface area contributed by atoms with Crippen LogP contribution in [0.2, 0.25) is 0 Å². The summed E-state index contributed by atoms with van der Waals surface area (Å²) in [4.78, 5) is 0. The molecule has 0 aromatic heterocycles. The van der Waals surface area contributed by atoms with Gasteiger partial charge in [-0.25, -0.2) is 0 Å². The Morgan fingerprint density at radius 1 is 0.944 bits per heavy atom. The highest BCUT2D eigenvalue weighted by atomic mass is 16.5. The van der Waals surface area contributed by atoms with Gasteiger partial charge in [-0.2, -0.15) is 0 Å². The smallest absolute Gasteiger partial charge is 0.0595 e. The fraction of sp³-hybridized carbons (Fsp3) is 1.00. The minimum atomic E-state index is 0.266. The van der Waals surface area contributed by atoms with Gasteiger partial charge in [0.2, 0.25) is 0 Å². The maximum atomic E-state index is 6.07. The van der Waals surface area contributed by atoms with Gasteiger partial charge in [0.15, 0.2) is 0 Å². The second-order valence-electron chi connectivity index (χ2n) is 8.43. The Morgan fingerprint density at radius 3 is 1.83 bits per heavy atom. The molecule has 1 atom stereocenters. The van der Waals surface area contributed by atoms with E-state index in [4.69, 9.17) is 4.74 Å². The molecule has 1 rings (SSSR count). The molecule has 0 heterocycles. The molecule has 0 aromatic carbocycles. The van der Waals surface area contributed by atoms with Gasteiger partial charge in [-0.15, -0.1) is 0 Å². The van der Waals surface area contributed by atoms with Gasteiger partial charge in [0, 0.05) is 6.61 Å². The summed E-state index contributed by atoms with van der Waals surface area (Å²) in [5, 5.41) is 0. The normalized spacial score (nSPS) is 28.2. The van der Waals surface area contributed by atoms with Gasteiger partial charge in [0.05, 0.1) is 6.10 Å². The minimum absolute atomic E-state index is 0.266. The first-order chi connectivity index (χ1) is 8.10.